The van der Waals surface area contributed by atoms with Crippen molar-refractivity contribution in [2.24, 2.45) is 5.73 Å². The van der Waals surface area contributed by atoms with Gasteiger partial charge in [-0.15, -0.1) is 0 Å². The third-order valence-electron chi connectivity index (χ3n) is 3.48. The van der Waals surface area contributed by atoms with Crippen LogP contribution >= 0.6 is 0 Å². The van der Waals surface area contributed by atoms with Crippen molar-refractivity contribution in [1.82, 2.24) is 19.7 Å². The van der Waals surface area contributed by atoms with Crippen molar-refractivity contribution < 1.29 is 4.39 Å². The van der Waals surface area contributed by atoms with E-state index in [2.05, 4.69) is 15.1 Å². The van der Waals surface area contributed by atoms with E-state index in [0.29, 0.717) is 18.5 Å². The minimum Gasteiger partial charge on any atom is -0.320 e. The van der Waals surface area contributed by atoms with Gasteiger partial charge in [0.1, 0.15) is 18.0 Å². The lowest BCUT2D eigenvalue weighted by atomic mass is 9.88. The summed E-state index contributed by atoms with van der Waals surface area (Å²) >= 11 is 0. The number of hydrogen-bond acceptors (Lipinski definition) is 4. The molecule has 2 heterocycles. The Morgan fingerprint density at radius 3 is 2.65 bits per heavy atom. The van der Waals surface area contributed by atoms with Gasteiger partial charge < -0.3 is 5.73 Å². The van der Waals surface area contributed by atoms with E-state index in [1.807, 2.05) is 25.5 Å². The standard InChI is InChI=1S/C14H20FN5/c1-4-14(16,12-6-5-11(15)8-17-12)7-13-18-9-19-20(13)10(2)3/h5-6,8-10H,4,7,16H2,1-3H3. The molecule has 0 saturated heterocycles. The molecule has 0 radical (unpaired) electrons. The van der Waals surface area contributed by atoms with Crippen LogP contribution in [0.3, 0.4) is 0 Å². The lowest BCUT2D eigenvalue weighted by Crippen LogP contribution is -2.40. The van der Waals surface area contributed by atoms with Gasteiger partial charge in [-0.25, -0.2) is 14.1 Å². The molecule has 0 aliphatic heterocycles. The van der Waals surface area contributed by atoms with Crippen LogP contribution in [0.2, 0.25) is 0 Å². The van der Waals surface area contributed by atoms with Crippen LogP contribution in [-0.4, -0.2) is 19.7 Å². The number of nitrogens with two attached hydrogens (primary N) is 1. The van der Waals surface area contributed by atoms with E-state index in [1.165, 1.54) is 18.6 Å². The Morgan fingerprint density at radius 2 is 2.10 bits per heavy atom. The van der Waals surface area contributed by atoms with Crippen LogP contribution in [0.15, 0.2) is 24.7 Å². The molecule has 20 heavy (non-hydrogen) atoms. The predicted molar refractivity (Wildman–Crippen MR) is 74.5 cm³/mol. The first kappa shape index (κ1) is 14.6. The molecule has 0 fully saturated rings. The fraction of sp³-hybridized carbons (Fsp3) is 0.500. The van der Waals surface area contributed by atoms with Gasteiger partial charge in [0.15, 0.2) is 0 Å². The first-order valence-corrected chi connectivity index (χ1v) is 6.75. The summed E-state index contributed by atoms with van der Waals surface area (Å²) in [6.07, 6.45) is 3.92. The van der Waals surface area contributed by atoms with Crippen LogP contribution in [0.5, 0.6) is 0 Å². The number of rotatable bonds is 5. The highest BCUT2D eigenvalue weighted by Crippen LogP contribution is 2.25. The Balaban J connectivity index is 2.31. The Bertz CT molecular complexity index is 563. The van der Waals surface area contributed by atoms with E-state index in [1.54, 1.807) is 6.07 Å². The van der Waals surface area contributed by atoms with Gasteiger partial charge in [-0.05, 0) is 32.4 Å². The molecular weight excluding hydrogens is 257 g/mol. The smallest absolute Gasteiger partial charge is 0.141 e. The molecule has 0 aliphatic carbocycles. The van der Waals surface area contributed by atoms with Crippen molar-refractivity contribution in [2.45, 2.75) is 45.2 Å². The molecule has 6 heteroatoms. The highest BCUT2D eigenvalue weighted by molar-refractivity contribution is 5.18. The minimum atomic E-state index is -0.673. The SMILES string of the molecule is CCC(N)(Cc1ncnn1C(C)C)c1ccc(F)cn1. The van der Waals surface area contributed by atoms with E-state index in [4.69, 9.17) is 5.73 Å². The monoisotopic (exact) mass is 277 g/mol. The molecule has 0 saturated carbocycles. The minimum absolute atomic E-state index is 0.217. The Labute approximate surface area is 118 Å². The number of hydrogen-bond donors (Lipinski definition) is 1. The van der Waals surface area contributed by atoms with Gasteiger partial charge in [0.25, 0.3) is 0 Å². The maximum atomic E-state index is 13.0. The Hall–Kier alpha value is -1.82. The third-order valence-corrected chi connectivity index (χ3v) is 3.48. The molecule has 1 atom stereocenters. The highest BCUT2D eigenvalue weighted by atomic mass is 19.1. The quantitative estimate of drug-likeness (QED) is 0.909. The zero-order valence-electron chi connectivity index (χ0n) is 12.0. The summed E-state index contributed by atoms with van der Waals surface area (Å²) in [5, 5.41) is 4.21. The number of halogens is 1. The van der Waals surface area contributed by atoms with Crippen LogP contribution in [0.4, 0.5) is 4.39 Å². The van der Waals surface area contributed by atoms with Crippen LogP contribution in [0.1, 0.15) is 44.8 Å². The van der Waals surface area contributed by atoms with Gasteiger partial charge in [0.05, 0.1) is 17.4 Å². The summed E-state index contributed by atoms with van der Waals surface area (Å²) in [5.41, 5.74) is 6.46. The van der Waals surface area contributed by atoms with Gasteiger partial charge >= 0.3 is 0 Å². The highest BCUT2D eigenvalue weighted by Gasteiger charge is 2.29. The Morgan fingerprint density at radius 1 is 1.35 bits per heavy atom. The van der Waals surface area contributed by atoms with Crippen molar-refractivity contribution in [3.63, 3.8) is 0 Å². The first-order chi connectivity index (χ1) is 9.46. The molecule has 0 bridgehead atoms. The van der Waals surface area contributed by atoms with Crippen molar-refractivity contribution >= 4 is 0 Å². The molecule has 5 nitrogen and oxygen atoms in total. The third kappa shape index (κ3) is 2.85. The summed E-state index contributed by atoms with van der Waals surface area (Å²) in [4.78, 5) is 8.40. The average Bonchev–Trinajstić information content (AvgIpc) is 2.87. The molecule has 0 amide bonds. The first-order valence-electron chi connectivity index (χ1n) is 6.75. The van der Waals surface area contributed by atoms with E-state index in [9.17, 15) is 4.39 Å². The number of pyridine rings is 1. The van der Waals surface area contributed by atoms with Gasteiger partial charge in [0.2, 0.25) is 0 Å². The molecule has 2 rings (SSSR count). The second kappa shape index (κ2) is 5.66. The molecule has 1 unspecified atom stereocenters. The molecule has 0 spiro atoms. The zero-order valence-corrected chi connectivity index (χ0v) is 12.0. The normalized spacial score (nSPS) is 14.5. The van der Waals surface area contributed by atoms with Crippen LogP contribution in [-0.2, 0) is 12.0 Å². The summed E-state index contributed by atoms with van der Waals surface area (Å²) in [6, 6.07) is 3.23. The van der Waals surface area contributed by atoms with Crippen molar-refractivity contribution in [3.05, 3.63) is 42.0 Å². The number of nitrogens with zero attached hydrogens (tertiary/aromatic N) is 4. The molecule has 2 aromatic heterocycles. The van der Waals surface area contributed by atoms with E-state index < -0.39 is 5.54 Å². The van der Waals surface area contributed by atoms with Crippen molar-refractivity contribution in [3.8, 4) is 0 Å². The summed E-state index contributed by atoms with van der Waals surface area (Å²) in [7, 11) is 0. The second-order valence-corrected chi connectivity index (χ2v) is 5.26. The van der Waals surface area contributed by atoms with Gasteiger partial charge in [-0.2, -0.15) is 5.10 Å². The summed E-state index contributed by atoms with van der Waals surface area (Å²) in [6.45, 7) is 6.07. The lowest BCUT2D eigenvalue weighted by molar-refractivity contribution is 0.381. The average molecular weight is 277 g/mol. The fourth-order valence-corrected chi connectivity index (χ4v) is 2.18. The molecule has 0 aromatic carbocycles. The van der Waals surface area contributed by atoms with Crippen molar-refractivity contribution in [1.29, 1.82) is 0 Å². The molecule has 108 valence electrons. The molecule has 0 aliphatic rings. The molecule has 2 aromatic rings. The molecule has 2 N–H and O–H groups in total. The predicted octanol–water partition coefficient (Wildman–Crippen LogP) is 2.20. The Kier molecular flexibility index (Phi) is 4.13. The largest absolute Gasteiger partial charge is 0.320 e. The van der Waals surface area contributed by atoms with Gasteiger partial charge in [-0.3, -0.25) is 4.98 Å². The maximum absolute atomic E-state index is 13.0. The van der Waals surface area contributed by atoms with E-state index in [0.717, 1.165) is 5.82 Å². The number of aromatic nitrogens is 4. The van der Waals surface area contributed by atoms with Crippen LogP contribution in [0, 0.1) is 5.82 Å². The van der Waals surface area contributed by atoms with Crippen LogP contribution in [0.25, 0.3) is 0 Å². The fourth-order valence-electron chi connectivity index (χ4n) is 2.18. The lowest BCUT2D eigenvalue weighted by Gasteiger charge is -2.27. The zero-order chi connectivity index (χ0) is 14.8. The van der Waals surface area contributed by atoms with Crippen molar-refractivity contribution in [2.75, 3.05) is 0 Å². The van der Waals surface area contributed by atoms with E-state index >= 15 is 0 Å². The van der Waals surface area contributed by atoms with Gasteiger partial charge in [-0.1, -0.05) is 6.92 Å². The second-order valence-electron chi connectivity index (χ2n) is 5.26. The topological polar surface area (TPSA) is 69.6 Å². The molecular formula is C14H20FN5. The summed E-state index contributed by atoms with van der Waals surface area (Å²) in [5.74, 6) is 0.452. The van der Waals surface area contributed by atoms with E-state index in [-0.39, 0.29) is 11.9 Å². The summed E-state index contributed by atoms with van der Waals surface area (Å²) < 4.78 is 14.8. The maximum Gasteiger partial charge on any atom is 0.141 e. The van der Waals surface area contributed by atoms with Gasteiger partial charge in [0, 0.05) is 12.5 Å². The van der Waals surface area contributed by atoms with Crippen LogP contribution < -0.4 is 5.73 Å².